The zero-order valence-corrected chi connectivity index (χ0v) is 23.5. The standard InChI is InChI=1S/C33H45N3O3/c1-2-36(33(38)39-25-26-12-6-3-7-13-26)30-18-20-34(21-19-30)22-29-23-35(32(37)28-16-10-5-11-17-28)24-31(29)27-14-8-4-9-15-27/h3-4,6-9,12-15,28-31H,2,5,10-11,16-25H2,1H3/t29-,31+/m0/s1. The third-order valence-corrected chi connectivity index (χ3v) is 9.21. The highest BCUT2D eigenvalue weighted by molar-refractivity contribution is 5.79. The summed E-state index contributed by atoms with van der Waals surface area (Å²) in [7, 11) is 0. The minimum absolute atomic E-state index is 0.211. The van der Waals surface area contributed by atoms with E-state index in [1.165, 1.54) is 24.8 Å². The van der Waals surface area contributed by atoms with Crippen LogP contribution in [0.2, 0.25) is 0 Å². The van der Waals surface area contributed by atoms with Crippen molar-refractivity contribution in [2.75, 3.05) is 39.3 Å². The third-order valence-electron chi connectivity index (χ3n) is 9.21. The summed E-state index contributed by atoms with van der Waals surface area (Å²) < 4.78 is 5.65. The van der Waals surface area contributed by atoms with Crippen LogP contribution in [0, 0.1) is 11.8 Å². The van der Waals surface area contributed by atoms with Crippen LogP contribution in [-0.2, 0) is 16.1 Å². The second kappa shape index (κ2) is 13.5. The van der Waals surface area contributed by atoms with E-state index in [9.17, 15) is 9.59 Å². The molecule has 2 aliphatic heterocycles. The number of rotatable bonds is 8. The van der Waals surface area contributed by atoms with Crippen molar-refractivity contribution in [3.05, 3.63) is 71.8 Å². The molecule has 0 radical (unpaired) electrons. The van der Waals surface area contributed by atoms with Gasteiger partial charge in [-0.15, -0.1) is 0 Å². The van der Waals surface area contributed by atoms with E-state index in [4.69, 9.17) is 4.74 Å². The van der Waals surface area contributed by atoms with Crippen molar-refractivity contribution >= 4 is 12.0 Å². The van der Waals surface area contributed by atoms with Crippen LogP contribution in [0.15, 0.2) is 60.7 Å². The Morgan fingerprint density at radius 3 is 2.21 bits per heavy atom. The van der Waals surface area contributed by atoms with Gasteiger partial charge < -0.3 is 19.4 Å². The molecule has 2 atom stereocenters. The molecule has 3 fully saturated rings. The van der Waals surface area contributed by atoms with Gasteiger partial charge in [-0.1, -0.05) is 79.9 Å². The second-order valence-electron chi connectivity index (χ2n) is 11.7. The van der Waals surface area contributed by atoms with Crippen LogP contribution in [0.3, 0.4) is 0 Å². The van der Waals surface area contributed by atoms with Crippen LogP contribution in [0.4, 0.5) is 4.79 Å². The normalized spacial score (nSPS) is 23.1. The molecule has 0 aromatic heterocycles. The molecule has 2 aromatic carbocycles. The quantitative estimate of drug-likeness (QED) is 0.424. The molecule has 6 heteroatoms. The Hall–Kier alpha value is -2.86. The van der Waals surface area contributed by atoms with Crippen LogP contribution in [0.25, 0.3) is 0 Å². The summed E-state index contributed by atoms with van der Waals surface area (Å²) in [5, 5.41) is 0. The molecule has 39 heavy (non-hydrogen) atoms. The van der Waals surface area contributed by atoms with Crippen LogP contribution < -0.4 is 0 Å². The van der Waals surface area contributed by atoms with Gasteiger partial charge in [0.15, 0.2) is 0 Å². The summed E-state index contributed by atoms with van der Waals surface area (Å²) in [6.45, 7) is 7.67. The van der Waals surface area contributed by atoms with Crippen molar-refractivity contribution in [2.24, 2.45) is 11.8 Å². The highest BCUT2D eigenvalue weighted by atomic mass is 16.6. The zero-order chi connectivity index (χ0) is 27.0. The Balaban J connectivity index is 1.16. The van der Waals surface area contributed by atoms with E-state index in [0.29, 0.717) is 30.9 Å². The molecule has 0 bridgehead atoms. The van der Waals surface area contributed by atoms with E-state index >= 15 is 0 Å². The number of benzene rings is 2. The van der Waals surface area contributed by atoms with Gasteiger partial charge >= 0.3 is 6.09 Å². The number of ether oxygens (including phenoxy) is 1. The number of carbonyl (C=O) groups is 2. The molecule has 5 rings (SSSR count). The Bertz CT molecular complexity index is 1050. The van der Waals surface area contributed by atoms with E-state index in [2.05, 4.69) is 40.1 Å². The van der Waals surface area contributed by atoms with Crippen LogP contribution in [0.5, 0.6) is 0 Å². The lowest BCUT2D eigenvalue weighted by Gasteiger charge is -2.39. The molecule has 2 heterocycles. The summed E-state index contributed by atoms with van der Waals surface area (Å²) in [6, 6.07) is 20.9. The minimum Gasteiger partial charge on any atom is -0.445 e. The van der Waals surface area contributed by atoms with Crippen molar-refractivity contribution < 1.29 is 14.3 Å². The molecular formula is C33H45N3O3. The maximum atomic E-state index is 13.4. The first-order valence-electron chi connectivity index (χ1n) is 15.2. The van der Waals surface area contributed by atoms with Crippen LogP contribution in [0.1, 0.15) is 68.9 Å². The molecule has 6 nitrogen and oxygen atoms in total. The van der Waals surface area contributed by atoms with Crippen LogP contribution >= 0.6 is 0 Å². The number of likely N-dealkylation sites (tertiary alicyclic amines) is 2. The lowest BCUT2D eigenvalue weighted by Crippen LogP contribution is -2.48. The van der Waals surface area contributed by atoms with Gasteiger partial charge in [0.1, 0.15) is 6.61 Å². The van der Waals surface area contributed by atoms with Gasteiger partial charge in [0.25, 0.3) is 0 Å². The Morgan fingerprint density at radius 2 is 1.54 bits per heavy atom. The molecule has 2 aromatic rings. The monoisotopic (exact) mass is 531 g/mol. The maximum absolute atomic E-state index is 13.4. The summed E-state index contributed by atoms with van der Waals surface area (Å²) in [6.07, 6.45) is 7.49. The van der Waals surface area contributed by atoms with Gasteiger partial charge in [-0.3, -0.25) is 4.79 Å². The van der Waals surface area contributed by atoms with Gasteiger partial charge in [0.2, 0.25) is 5.91 Å². The summed E-state index contributed by atoms with van der Waals surface area (Å²) in [4.78, 5) is 33.0. The van der Waals surface area contributed by atoms with E-state index in [1.807, 2.05) is 42.2 Å². The predicted octanol–water partition coefficient (Wildman–Crippen LogP) is 5.93. The van der Waals surface area contributed by atoms with Crippen molar-refractivity contribution in [3.63, 3.8) is 0 Å². The lowest BCUT2D eigenvalue weighted by atomic mass is 9.88. The SMILES string of the molecule is CCN(C(=O)OCc1ccccc1)C1CCN(C[C@H]2CN(C(=O)C3CCCCC3)C[C@@H]2c2ccccc2)CC1. The summed E-state index contributed by atoms with van der Waals surface area (Å²) >= 11 is 0. The van der Waals surface area contributed by atoms with Gasteiger partial charge in [0, 0.05) is 57.1 Å². The summed E-state index contributed by atoms with van der Waals surface area (Å²) in [5.41, 5.74) is 2.37. The Kier molecular flexibility index (Phi) is 9.57. The fourth-order valence-electron chi connectivity index (χ4n) is 7.01. The number of hydrogen-bond donors (Lipinski definition) is 0. The number of nitrogens with zero attached hydrogens (tertiary/aromatic N) is 3. The van der Waals surface area contributed by atoms with Gasteiger partial charge in [-0.2, -0.15) is 0 Å². The molecule has 0 unspecified atom stereocenters. The van der Waals surface area contributed by atoms with Gasteiger partial charge in [-0.05, 0) is 49.7 Å². The molecule has 210 valence electrons. The maximum Gasteiger partial charge on any atom is 0.410 e. The molecule has 1 saturated carbocycles. The van der Waals surface area contributed by atoms with E-state index in [-0.39, 0.29) is 18.1 Å². The first-order chi connectivity index (χ1) is 19.1. The average Bonchev–Trinajstić information content (AvgIpc) is 3.42. The molecule has 0 spiro atoms. The number of amides is 2. The number of hydrogen-bond acceptors (Lipinski definition) is 4. The highest BCUT2D eigenvalue weighted by Gasteiger charge is 2.39. The predicted molar refractivity (Wildman–Crippen MR) is 154 cm³/mol. The number of piperidine rings is 1. The first kappa shape index (κ1) is 27.7. The Morgan fingerprint density at radius 1 is 0.872 bits per heavy atom. The topological polar surface area (TPSA) is 53.1 Å². The highest BCUT2D eigenvalue weighted by Crippen LogP contribution is 2.36. The minimum atomic E-state index is -0.211. The van der Waals surface area contributed by atoms with E-state index in [0.717, 1.165) is 64.0 Å². The van der Waals surface area contributed by atoms with Gasteiger partial charge in [-0.25, -0.2) is 4.79 Å². The second-order valence-corrected chi connectivity index (χ2v) is 11.7. The molecule has 1 aliphatic carbocycles. The fourth-order valence-corrected chi connectivity index (χ4v) is 7.01. The average molecular weight is 532 g/mol. The van der Waals surface area contributed by atoms with E-state index < -0.39 is 0 Å². The molecule has 3 aliphatic rings. The smallest absolute Gasteiger partial charge is 0.410 e. The van der Waals surface area contributed by atoms with Crippen LogP contribution in [-0.4, -0.2) is 72.0 Å². The van der Waals surface area contributed by atoms with Crippen molar-refractivity contribution in [3.8, 4) is 0 Å². The zero-order valence-electron chi connectivity index (χ0n) is 23.5. The fraction of sp³-hybridized carbons (Fsp3) is 0.576. The molecule has 0 N–H and O–H groups in total. The van der Waals surface area contributed by atoms with Crippen molar-refractivity contribution in [2.45, 2.75) is 70.4 Å². The van der Waals surface area contributed by atoms with E-state index in [1.54, 1.807) is 0 Å². The largest absolute Gasteiger partial charge is 0.445 e. The van der Waals surface area contributed by atoms with Gasteiger partial charge in [0.05, 0.1) is 0 Å². The summed E-state index contributed by atoms with van der Waals surface area (Å²) in [5.74, 6) is 1.45. The number of carbonyl (C=O) groups excluding carboxylic acids is 2. The van der Waals surface area contributed by atoms with Crippen molar-refractivity contribution in [1.82, 2.24) is 14.7 Å². The lowest BCUT2D eigenvalue weighted by molar-refractivity contribution is -0.135. The third kappa shape index (κ3) is 7.02. The van der Waals surface area contributed by atoms with Crippen molar-refractivity contribution in [1.29, 1.82) is 0 Å². The molecule has 2 amide bonds. The first-order valence-corrected chi connectivity index (χ1v) is 15.2. The molecule has 2 saturated heterocycles. The Labute approximate surface area is 234 Å². The molecular weight excluding hydrogens is 486 g/mol.